The molecule has 0 aliphatic heterocycles. The molecule has 1 rings (SSSR count). The molecule has 0 saturated carbocycles. The van der Waals surface area contributed by atoms with Crippen molar-refractivity contribution >= 4 is 23.7 Å². The summed E-state index contributed by atoms with van der Waals surface area (Å²) >= 11 is 0. The monoisotopic (exact) mass is 473 g/mol. The maximum atomic E-state index is 14.1. The van der Waals surface area contributed by atoms with Gasteiger partial charge in [0, 0.05) is 5.69 Å². The fourth-order valence-corrected chi connectivity index (χ4v) is 2.91. The number of hydrogen-bond donors (Lipinski definition) is 1. The lowest BCUT2D eigenvalue weighted by Gasteiger charge is -2.40. The van der Waals surface area contributed by atoms with Crippen molar-refractivity contribution in [2.24, 2.45) is 5.92 Å². The van der Waals surface area contributed by atoms with Gasteiger partial charge in [0.05, 0.1) is 14.2 Å². The Morgan fingerprint density at radius 2 is 1.22 bits per heavy atom. The first-order chi connectivity index (χ1) is 14.4. The van der Waals surface area contributed by atoms with Gasteiger partial charge in [0.15, 0.2) is 5.92 Å². The van der Waals surface area contributed by atoms with E-state index in [1.54, 1.807) is 0 Å². The number of halogens is 6. The van der Waals surface area contributed by atoms with E-state index in [0.29, 0.717) is 26.4 Å². The lowest BCUT2D eigenvalue weighted by atomic mass is 9.68. The van der Waals surface area contributed by atoms with E-state index in [0.717, 1.165) is 12.1 Å². The van der Waals surface area contributed by atoms with E-state index in [1.165, 1.54) is 20.8 Å². The zero-order valence-corrected chi connectivity index (χ0v) is 17.6. The summed E-state index contributed by atoms with van der Waals surface area (Å²) in [6.07, 6.45) is -13.4. The highest BCUT2D eigenvalue weighted by Gasteiger charge is 2.78. The van der Waals surface area contributed by atoms with Gasteiger partial charge in [-0.05, 0) is 38.5 Å². The average Bonchev–Trinajstić information content (AvgIpc) is 2.62. The van der Waals surface area contributed by atoms with Crippen molar-refractivity contribution in [1.82, 2.24) is 0 Å². The Morgan fingerprint density at radius 3 is 1.53 bits per heavy atom. The summed E-state index contributed by atoms with van der Waals surface area (Å²) in [6, 6.07) is 2.23. The smallest absolute Gasteiger partial charge is 0.412 e. The number of amides is 1. The number of esters is 2. The second kappa shape index (κ2) is 9.25. The molecule has 0 spiro atoms. The summed E-state index contributed by atoms with van der Waals surface area (Å²) in [5.41, 5.74) is -7.60. The van der Waals surface area contributed by atoms with Crippen LogP contribution in [0.1, 0.15) is 26.3 Å². The Hall–Kier alpha value is -2.99. The molecule has 0 aliphatic rings. The summed E-state index contributed by atoms with van der Waals surface area (Å²) in [4.78, 5) is 35.7. The van der Waals surface area contributed by atoms with E-state index in [1.807, 2.05) is 0 Å². The number of carbonyl (C=O) groups is 3. The van der Waals surface area contributed by atoms with Crippen LogP contribution in [0.15, 0.2) is 24.3 Å². The summed E-state index contributed by atoms with van der Waals surface area (Å²) in [7, 11) is 1.06. The van der Waals surface area contributed by atoms with Gasteiger partial charge in [0.1, 0.15) is 5.60 Å². The van der Waals surface area contributed by atoms with E-state index >= 15 is 0 Å². The number of methoxy groups -OCH3 is 2. The van der Waals surface area contributed by atoms with Gasteiger partial charge in [0.2, 0.25) is 5.41 Å². The fraction of sp³-hybridized carbons (Fsp3) is 0.526. The van der Waals surface area contributed by atoms with Crippen LogP contribution in [-0.2, 0) is 29.2 Å². The van der Waals surface area contributed by atoms with Crippen molar-refractivity contribution in [3.8, 4) is 0 Å². The fourth-order valence-electron chi connectivity index (χ4n) is 2.91. The van der Waals surface area contributed by atoms with Crippen LogP contribution in [0, 0.1) is 5.92 Å². The average molecular weight is 473 g/mol. The highest BCUT2D eigenvalue weighted by atomic mass is 19.4. The Kier molecular flexibility index (Phi) is 7.81. The van der Waals surface area contributed by atoms with E-state index in [4.69, 9.17) is 4.74 Å². The molecule has 7 nitrogen and oxygen atoms in total. The van der Waals surface area contributed by atoms with E-state index in [-0.39, 0.29) is 5.69 Å². The Morgan fingerprint density at radius 1 is 0.812 bits per heavy atom. The number of nitrogens with one attached hydrogen (secondary N) is 1. The van der Waals surface area contributed by atoms with Crippen LogP contribution in [0.4, 0.5) is 36.8 Å². The molecule has 0 aliphatic carbocycles. The van der Waals surface area contributed by atoms with E-state index in [9.17, 15) is 40.7 Å². The molecule has 180 valence electrons. The third-order valence-corrected chi connectivity index (χ3v) is 4.19. The minimum atomic E-state index is -6.18. The SMILES string of the molecule is COC(=O)C(C(=O)OC)C(c1ccc(NC(=O)OC(C)(C)C)cc1)(C(F)(F)F)C(F)(F)F. The van der Waals surface area contributed by atoms with Gasteiger partial charge in [0.25, 0.3) is 0 Å². The zero-order valence-electron chi connectivity index (χ0n) is 17.6. The highest BCUT2D eigenvalue weighted by Crippen LogP contribution is 2.57. The molecule has 0 saturated heterocycles. The molecule has 32 heavy (non-hydrogen) atoms. The molecule has 0 unspecified atom stereocenters. The number of carbonyl (C=O) groups excluding carboxylic acids is 3. The predicted octanol–water partition coefficient (Wildman–Crippen LogP) is 4.36. The van der Waals surface area contributed by atoms with Gasteiger partial charge >= 0.3 is 30.4 Å². The molecule has 0 aromatic heterocycles. The quantitative estimate of drug-likeness (QED) is 0.296. The van der Waals surface area contributed by atoms with Gasteiger partial charge in [-0.25, -0.2) is 4.79 Å². The molecule has 13 heteroatoms. The van der Waals surface area contributed by atoms with Gasteiger partial charge in [-0.1, -0.05) is 12.1 Å². The summed E-state index contributed by atoms with van der Waals surface area (Å²) < 4.78 is 97.5. The van der Waals surface area contributed by atoms with Crippen molar-refractivity contribution < 1.29 is 54.9 Å². The van der Waals surface area contributed by atoms with Crippen molar-refractivity contribution in [2.75, 3.05) is 19.5 Å². The topological polar surface area (TPSA) is 90.9 Å². The van der Waals surface area contributed by atoms with Crippen LogP contribution in [0.3, 0.4) is 0 Å². The van der Waals surface area contributed by atoms with Crippen molar-refractivity contribution in [2.45, 2.75) is 44.1 Å². The zero-order chi connectivity index (χ0) is 25.1. The number of alkyl halides is 6. The molecule has 0 bridgehead atoms. The molecule has 0 atom stereocenters. The molecule has 0 fully saturated rings. The van der Waals surface area contributed by atoms with E-state index in [2.05, 4.69) is 14.8 Å². The van der Waals surface area contributed by atoms with Crippen LogP contribution in [0.25, 0.3) is 0 Å². The van der Waals surface area contributed by atoms with Gasteiger partial charge in [-0.15, -0.1) is 0 Å². The number of ether oxygens (including phenoxy) is 3. The number of hydrogen-bond acceptors (Lipinski definition) is 6. The van der Waals surface area contributed by atoms with Crippen LogP contribution >= 0.6 is 0 Å². The third-order valence-electron chi connectivity index (χ3n) is 4.19. The molecule has 1 amide bonds. The first-order valence-electron chi connectivity index (χ1n) is 8.82. The van der Waals surface area contributed by atoms with Crippen molar-refractivity contribution in [1.29, 1.82) is 0 Å². The lowest BCUT2D eigenvalue weighted by molar-refractivity contribution is -0.317. The summed E-state index contributed by atoms with van der Waals surface area (Å²) in [6.45, 7) is 4.61. The highest BCUT2D eigenvalue weighted by molar-refractivity contribution is 5.97. The summed E-state index contributed by atoms with van der Waals surface area (Å²) in [5.74, 6) is -7.63. The van der Waals surface area contributed by atoms with Crippen molar-refractivity contribution in [3.63, 3.8) is 0 Å². The maximum absolute atomic E-state index is 14.1. The van der Waals surface area contributed by atoms with Crippen LogP contribution in [0.5, 0.6) is 0 Å². The Balaban J connectivity index is 3.68. The number of benzene rings is 1. The maximum Gasteiger partial charge on any atom is 0.412 e. The molecular weight excluding hydrogens is 452 g/mol. The summed E-state index contributed by atoms with van der Waals surface area (Å²) in [5, 5.41) is 2.14. The van der Waals surface area contributed by atoms with Crippen molar-refractivity contribution in [3.05, 3.63) is 29.8 Å². The number of rotatable bonds is 5. The normalized spacial score (nSPS) is 12.9. The molecule has 1 N–H and O–H groups in total. The molecular formula is C19H21F6NO6. The second-order valence-corrected chi connectivity index (χ2v) is 7.49. The minimum absolute atomic E-state index is 0.200. The minimum Gasteiger partial charge on any atom is -0.468 e. The van der Waals surface area contributed by atoms with E-state index < -0.39 is 52.9 Å². The van der Waals surface area contributed by atoms with Gasteiger partial charge < -0.3 is 14.2 Å². The molecule has 1 aromatic rings. The standard InChI is InChI=1S/C19H21F6NO6/c1-16(2,3)32-15(29)26-11-8-6-10(7-9-11)17(18(20,21)22,19(23,24)25)12(13(27)30-4)14(28)31-5/h6-9,12H,1-5H3,(H,26,29). The van der Waals surface area contributed by atoms with Gasteiger partial charge in [-0.3, -0.25) is 14.9 Å². The first-order valence-corrected chi connectivity index (χ1v) is 8.82. The van der Waals surface area contributed by atoms with Crippen LogP contribution < -0.4 is 5.32 Å². The largest absolute Gasteiger partial charge is 0.468 e. The molecule has 0 radical (unpaired) electrons. The van der Waals surface area contributed by atoms with Crippen LogP contribution in [0.2, 0.25) is 0 Å². The number of anilines is 1. The molecule has 1 aromatic carbocycles. The van der Waals surface area contributed by atoms with Gasteiger partial charge in [-0.2, -0.15) is 26.3 Å². The second-order valence-electron chi connectivity index (χ2n) is 7.49. The Bertz CT molecular complexity index is 812. The third kappa shape index (κ3) is 5.43. The lowest BCUT2D eigenvalue weighted by Crippen LogP contribution is -2.63. The van der Waals surface area contributed by atoms with Crippen LogP contribution in [-0.4, -0.2) is 50.2 Å². The Labute approximate surface area is 179 Å². The molecule has 0 heterocycles. The predicted molar refractivity (Wildman–Crippen MR) is 97.6 cm³/mol. The first kappa shape index (κ1) is 27.0.